The first-order valence-electron chi connectivity index (χ1n) is 4.88. The Morgan fingerprint density at radius 1 is 1.31 bits per heavy atom. The number of benzene rings is 1. The molecule has 0 saturated carbocycles. The molecule has 1 aromatic rings. The van der Waals surface area contributed by atoms with Gasteiger partial charge in [0.1, 0.15) is 6.29 Å². The van der Waals surface area contributed by atoms with Gasteiger partial charge in [0, 0.05) is 5.92 Å². The van der Waals surface area contributed by atoms with Crippen molar-refractivity contribution in [3.63, 3.8) is 0 Å². The third-order valence-corrected chi connectivity index (χ3v) is 2.26. The molecule has 70 valence electrons. The Morgan fingerprint density at radius 2 is 2.00 bits per heavy atom. The Bertz CT molecular complexity index is 241. The van der Waals surface area contributed by atoms with E-state index >= 15 is 0 Å². The smallest absolute Gasteiger partial charge is 0.127 e. The lowest BCUT2D eigenvalue weighted by molar-refractivity contribution is -0.109. The molecule has 1 heteroatoms. The van der Waals surface area contributed by atoms with Gasteiger partial charge < -0.3 is 4.79 Å². The zero-order valence-electron chi connectivity index (χ0n) is 8.07. The zero-order chi connectivity index (χ0) is 9.52. The van der Waals surface area contributed by atoms with Crippen LogP contribution in [-0.4, -0.2) is 6.29 Å². The van der Waals surface area contributed by atoms with Crippen LogP contribution in [-0.2, 0) is 4.79 Å². The van der Waals surface area contributed by atoms with Gasteiger partial charge in [0.25, 0.3) is 0 Å². The van der Waals surface area contributed by atoms with Crippen molar-refractivity contribution in [2.45, 2.75) is 32.1 Å². The van der Waals surface area contributed by atoms with E-state index in [1.165, 1.54) is 0 Å². The van der Waals surface area contributed by atoms with Crippen LogP contribution in [0.4, 0.5) is 0 Å². The normalized spacial score (nSPS) is 12.4. The van der Waals surface area contributed by atoms with Crippen molar-refractivity contribution in [1.82, 2.24) is 0 Å². The summed E-state index contributed by atoms with van der Waals surface area (Å²) in [5.74, 6) is 0.0983. The van der Waals surface area contributed by atoms with Crippen LogP contribution in [0.25, 0.3) is 0 Å². The summed E-state index contributed by atoms with van der Waals surface area (Å²) in [7, 11) is 0. The number of hydrogen-bond acceptors (Lipinski definition) is 1. The molecule has 0 radical (unpaired) electrons. The lowest BCUT2D eigenvalue weighted by Gasteiger charge is -2.08. The van der Waals surface area contributed by atoms with Crippen molar-refractivity contribution in [3.8, 4) is 0 Å². The van der Waals surface area contributed by atoms with Crippen LogP contribution in [0.15, 0.2) is 30.3 Å². The molecule has 0 heterocycles. The summed E-state index contributed by atoms with van der Waals surface area (Å²) in [5, 5.41) is 0. The summed E-state index contributed by atoms with van der Waals surface area (Å²) in [6, 6.07) is 9.99. The molecule has 1 atom stereocenters. The van der Waals surface area contributed by atoms with Crippen molar-refractivity contribution >= 4 is 6.29 Å². The lowest BCUT2D eigenvalue weighted by Crippen LogP contribution is -1.99. The summed E-state index contributed by atoms with van der Waals surface area (Å²) in [4.78, 5) is 10.8. The highest BCUT2D eigenvalue weighted by molar-refractivity contribution is 5.61. The fraction of sp³-hybridized carbons (Fsp3) is 0.417. The first kappa shape index (κ1) is 9.97. The molecule has 0 amide bonds. The predicted molar refractivity (Wildman–Crippen MR) is 54.8 cm³/mol. The van der Waals surface area contributed by atoms with Gasteiger partial charge in [0.2, 0.25) is 0 Å². The molecule has 0 bridgehead atoms. The molecule has 1 aromatic carbocycles. The number of unbranched alkanes of at least 4 members (excludes halogenated alkanes) is 1. The van der Waals surface area contributed by atoms with Crippen LogP contribution >= 0.6 is 0 Å². The van der Waals surface area contributed by atoms with Gasteiger partial charge in [-0.2, -0.15) is 0 Å². The highest BCUT2D eigenvalue weighted by Gasteiger charge is 2.07. The molecule has 1 nitrogen and oxygen atoms in total. The van der Waals surface area contributed by atoms with Gasteiger partial charge in [-0.25, -0.2) is 0 Å². The van der Waals surface area contributed by atoms with Crippen LogP contribution in [0.2, 0.25) is 0 Å². The summed E-state index contributed by atoms with van der Waals surface area (Å²) in [5.41, 5.74) is 1.14. The minimum Gasteiger partial charge on any atom is -0.303 e. The standard InChI is InChI=1S/C12H16O/c1-2-3-7-12(10-13)11-8-5-4-6-9-11/h4-6,8-10,12H,2-3,7H2,1H3. The maximum absolute atomic E-state index is 10.8. The molecule has 1 unspecified atom stereocenters. The molecule has 13 heavy (non-hydrogen) atoms. The van der Waals surface area contributed by atoms with E-state index in [2.05, 4.69) is 6.92 Å². The first-order valence-corrected chi connectivity index (χ1v) is 4.88. The first-order chi connectivity index (χ1) is 6.38. The van der Waals surface area contributed by atoms with Gasteiger partial charge in [-0.1, -0.05) is 50.1 Å². The number of carbonyl (C=O) groups is 1. The van der Waals surface area contributed by atoms with Gasteiger partial charge in [-0.05, 0) is 12.0 Å². The van der Waals surface area contributed by atoms with Crippen molar-refractivity contribution in [1.29, 1.82) is 0 Å². The third kappa shape index (κ3) is 3.02. The van der Waals surface area contributed by atoms with E-state index in [1.807, 2.05) is 30.3 Å². The zero-order valence-corrected chi connectivity index (χ0v) is 8.07. The fourth-order valence-electron chi connectivity index (χ4n) is 1.44. The average Bonchev–Trinajstić information content (AvgIpc) is 2.21. The fourth-order valence-corrected chi connectivity index (χ4v) is 1.44. The minimum absolute atomic E-state index is 0.0983. The Morgan fingerprint density at radius 3 is 2.54 bits per heavy atom. The monoisotopic (exact) mass is 176 g/mol. The van der Waals surface area contributed by atoms with Gasteiger partial charge in [0.15, 0.2) is 0 Å². The van der Waals surface area contributed by atoms with Gasteiger partial charge in [-0.15, -0.1) is 0 Å². The summed E-state index contributed by atoms with van der Waals surface area (Å²) >= 11 is 0. The Hall–Kier alpha value is -1.11. The molecule has 0 aliphatic carbocycles. The number of aldehydes is 1. The quantitative estimate of drug-likeness (QED) is 0.630. The molecule has 0 aromatic heterocycles. The average molecular weight is 176 g/mol. The molecule has 0 fully saturated rings. The molecule has 1 rings (SSSR count). The highest BCUT2D eigenvalue weighted by Crippen LogP contribution is 2.19. The maximum Gasteiger partial charge on any atom is 0.127 e. The Labute approximate surface area is 79.8 Å². The molecule has 0 aliphatic rings. The van der Waals surface area contributed by atoms with E-state index in [-0.39, 0.29) is 5.92 Å². The molecule has 0 spiro atoms. The van der Waals surface area contributed by atoms with Gasteiger partial charge >= 0.3 is 0 Å². The summed E-state index contributed by atoms with van der Waals surface area (Å²) < 4.78 is 0. The van der Waals surface area contributed by atoms with Gasteiger partial charge in [0.05, 0.1) is 0 Å². The molecule has 0 N–H and O–H groups in total. The lowest BCUT2D eigenvalue weighted by atomic mass is 9.95. The second-order valence-electron chi connectivity index (χ2n) is 3.30. The molecular formula is C12H16O. The molecule has 0 saturated heterocycles. The predicted octanol–water partition coefficient (Wildman–Crippen LogP) is 3.16. The molecule has 0 aliphatic heterocycles. The number of hydrogen-bond donors (Lipinski definition) is 0. The van der Waals surface area contributed by atoms with Crippen LogP contribution in [0.1, 0.15) is 37.7 Å². The van der Waals surface area contributed by atoms with Crippen molar-refractivity contribution < 1.29 is 4.79 Å². The number of rotatable bonds is 5. The molecular weight excluding hydrogens is 160 g/mol. The topological polar surface area (TPSA) is 17.1 Å². The van der Waals surface area contributed by atoms with Crippen LogP contribution in [0.5, 0.6) is 0 Å². The minimum atomic E-state index is 0.0983. The maximum atomic E-state index is 10.8. The second kappa shape index (κ2) is 5.52. The van der Waals surface area contributed by atoms with E-state index in [9.17, 15) is 4.79 Å². The van der Waals surface area contributed by atoms with Crippen LogP contribution in [0, 0.1) is 0 Å². The van der Waals surface area contributed by atoms with Crippen molar-refractivity contribution in [2.24, 2.45) is 0 Å². The highest BCUT2D eigenvalue weighted by atomic mass is 16.1. The van der Waals surface area contributed by atoms with Crippen LogP contribution < -0.4 is 0 Å². The Balaban J connectivity index is 2.61. The number of carbonyl (C=O) groups excluding carboxylic acids is 1. The van der Waals surface area contributed by atoms with E-state index in [4.69, 9.17) is 0 Å². The second-order valence-corrected chi connectivity index (χ2v) is 3.30. The van der Waals surface area contributed by atoms with Crippen LogP contribution in [0.3, 0.4) is 0 Å². The SMILES string of the molecule is CCCCC(C=O)c1ccccc1. The van der Waals surface area contributed by atoms with Crippen molar-refractivity contribution in [2.75, 3.05) is 0 Å². The largest absolute Gasteiger partial charge is 0.303 e. The van der Waals surface area contributed by atoms with E-state index < -0.39 is 0 Å². The van der Waals surface area contributed by atoms with E-state index in [0.29, 0.717) is 0 Å². The summed E-state index contributed by atoms with van der Waals surface area (Å²) in [6.45, 7) is 2.15. The van der Waals surface area contributed by atoms with E-state index in [1.54, 1.807) is 0 Å². The van der Waals surface area contributed by atoms with Gasteiger partial charge in [-0.3, -0.25) is 0 Å². The third-order valence-electron chi connectivity index (χ3n) is 2.26. The Kier molecular flexibility index (Phi) is 4.24. The van der Waals surface area contributed by atoms with E-state index in [0.717, 1.165) is 31.1 Å². The van der Waals surface area contributed by atoms with Crippen molar-refractivity contribution in [3.05, 3.63) is 35.9 Å². The summed E-state index contributed by atoms with van der Waals surface area (Å²) in [6.07, 6.45) is 4.31.